The van der Waals surface area contributed by atoms with Crippen molar-refractivity contribution in [2.24, 2.45) is 0 Å². The van der Waals surface area contributed by atoms with Crippen LogP contribution >= 0.6 is 0 Å². The molecule has 6 heteroatoms. The second-order valence-corrected chi connectivity index (χ2v) is 15.2. The van der Waals surface area contributed by atoms with Crippen molar-refractivity contribution in [3.63, 3.8) is 0 Å². The molecule has 0 fully saturated rings. The van der Waals surface area contributed by atoms with Crippen LogP contribution in [-0.4, -0.2) is 37.2 Å². The zero-order chi connectivity index (χ0) is 45.8. The van der Waals surface area contributed by atoms with Crippen LogP contribution in [0.15, 0.2) is 146 Å². The van der Waals surface area contributed by atoms with Gasteiger partial charge < -0.3 is 14.2 Å². The van der Waals surface area contributed by atoms with Gasteiger partial charge in [-0.1, -0.05) is 186 Å². The van der Waals surface area contributed by atoms with Crippen LogP contribution < -0.4 is 0 Å². The SMILES string of the molecule is CC/C=C\C/C=C\C/C=C\C/C=C\C/C=C\CCCC(=O)OCC(COC(=O)CC/C=C\C/C=C\C/C=C\C/C=C\CC)OC(=O)CCCCCCC/C=C\C/C=C\C/C=C\CC. The van der Waals surface area contributed by atoms with Gasteiger partial charge in [0, 0.05) is 19.3 Å². The molecule has 0 saturated carbocycles. The number of carbonyl (C=O) groups is 3. The third-order valence-electron chi connectivity index (χ3n) is 9.33. The first-order valence-corrected chi connectivity index (χ1v) is 24.3. The lowest BCUT2D eigenvalue weighted by Crippen LogP contribution is -2.30. The molecule has 0 aliphatic heterocycles. The fourth-order valence-corrected chi connectivity index (χ4v) is 5.80. The van der Waals surface area contributed by atoms with Crippen LogP contribution in [0.4, 0.5) is 0 Å². The molecule has 0 saturated heterocycles. The summed E-state index contributed by atoms with van der Waals surface area (Å²) in [6.45, 7) is 6.13. The third-order valence-corrected chi connectivity index (χ3v) is 9.33. The van der Waals surface area contributed by atoms with Crippen molar-refractivity contribution in [2.45, 2.75) is 181 Å². The normalized spacial score (nSPS) is 13.4. The van der Waals surface area contributed by atoms with Crippen LogP contribution in [-0.2, 0) is 28.6 Å². The highest BCUT2D eigenvalue weighted by atomic mass is 16.6. The van der Waals surface area contributed by atoms with Crippen molar-refractivity contribution in [2.75, 3.05) is 13.2 Å². The zero-order valence-corrected chi connectivity index (χ0v) is 39.8. The van der Waals surface area contributed by atoms with Crippen molar-refractivity contribution in [3.8, 4) is 0 Å². The van der Waals surface area contributed by atoms with Crippen molar-refractivity contribution in [3.05, 3.63) is 146 Å². The van der Waals surface area contributed by atoms with E-state index < -0.39 is 6.10 Å². The highest BCUT2D eigenvalue weighted by Crippen LogP contribution is 2.11. The van der Waals surface area contributed by atoms with E-state index in [1.54, 1.807) is 0 Å². The Morgan fingerprint density at radius 2 is 0.619 bits per heavy atom. The van der Waals surface area contributed by atoms with Crippen molar-refractivity contribution in [1.29, 1.82) is 0 Å². The number of rotatable bonds is 41. The van der Waals surface area contributed by atoms with Gasteiger partial charge in [0.2, 0.25) is 0 Å². The number of hydrogen-bond acceptors (Lipinski definition) is 6. The molecule has 6 nitrogen and oxygen atoms in total. The summed E-state index contributed by atoms with van der Waals surface area (Å²) in [4.78, 5) is 37.9. The molecule has 0 amide bonds. The Kier molecular flexibility index (Phi) is 46.2. The van der Waals surface area contributed by atoms with E-state index in [1.807, 2.05) is 12.2 Å². The summed E-state index contributed by atoms with van der Waals surface area (Å²) in [6.07, 6.45) is 71.3. The van der Waals surface area contributed by atoms with Gasteiger partial charge in [-0.15, -0.1) is 0 Å². The topological polar surface area (TPSA) is 78.9 Å². The minimum Gasteiger partial charge on any atom is -0.462 e. The summed E-state index contributed by atoms with van der Waals surface area (Å²) in [7, 11) is 0. The van der Waals surface area contributed by atoms with Crippen molar-refractivity contribution < 1.29 is 28.6 Å². The molecule has 0 aromatic rings. The lowest BCUT2D eigenvalue weighted by Gasteiger charge is -2.18. The smallest absolute Gasteiger partial charge is 0.306 e. The molecular formula is C57H86O6. The summed E-state index contributed by atoms with van der Waals surface area (Å²) >= 11 is 0. The molecule has 0 bridgehead atoms. The summed E-state index contributed by atoms with van der Waals surface area (Å²) in [6, 6.07) is 0. The predicted octanol–water partition coefficient (Wildman–Crippen LogP) is 16.1. The molecule has 0 spiro atoms. The molecule has 0 aliphatic rings. The first kappa shape index (κ1) is 58.3. The Morgan fingerprint density at radius 1 is 0.317 bits per heavy atom. The average Bonchev–Trinajstić information content (AvgIpc) is 3.28. The fraction of sp³-hybridized carbons (Fsp3) is 0.526. The molecule has 0 rings (SSSR count). The number of hydrogen-bond donors (Lipinski definition) is 0. The lowest BCUT2D eigenvalue weighted by molar-refractivity contribution is -0.166. The van der Waals surface area contributed by atoms with Crippen molar-refractivity contribution in [1.82, 2.24) is 0 Å². The second kappa shape index (κ2) is 49.9. The summed E-state index contributed by atoms with van der Waals surface area (Å²) in [5.41, 5.74) is 0. The number of esters is 3. The van der Waals surface area contributed by atoms with Gasteiger partial charge in [-0.25, -0.2) is 0 Å². The van der Waals surface area contributed by atoms with Gasteiger partial charge in [0.05, 0.1) is 0 Å². The average molecular weight is 867 g/mol. The summed E-state index contributed by atoms with van der Waals surface area (Å²) in [5.74, 6) is -1.11. The second-order valence-electron chi connectivity index (χ2n) is 15.2. The van der Waals surface area contributed by atoms with E-state index in [1.165, 1.54) is 0 Å². The van der Waals surface area contributed by atoms with Crippen LogP contribution in [0.3, 0.4) is 0 Å². The maximum atomic E-state index is 12.8. The molecule has 63 heavy (non-hydrogen) atoms. The minimum absolute atomic E-state index is 0.143. The number of carbonyl (C=O) groups excluding carboxylic acids is 3. The third kappa shape index (κ3) is 48.2. The van der Waals surface area contributed by atoms with E-state index in [0.29, 0.717) is 12.8 Å². The fourth-order valence-electron chi connectivity index (χ4n) is 5.80. The number of unbranched alkanes of at least 4 members (excludes halogenated alkanes) is 6. The molecule has 1 atom stereocenters. The highest BCUT2D eigenvalue weighted by Gasteiger charge is 2.19. The first-order valence-electron chi connectivity index (χ1n) is 24.3. The maximum Gasteiger partial charge on any atom is 0.306 e. The van der Waals surface area contributed by atoms with Crippen LogP contribution in [0.2, 0.25) is 0 Å². The Morgan fingerprint density at radius 3 is 1.03 bits per heavy atom. The van der Waals surface area contributed by atoms with E-state index in [4.69, 9.17) is 14.2 Å². The van der Waals surface area contributed by atoms with Crippen molar-refractivity contribution >= 4 is 17.9 Å². The van der Waals surface area contributed by atoms with Gasteiger partial charge in [-0.05, 0) is 116 Å². The molecule has 0 aliphatic carbocycles. The molecular weight excluding hydrogens is 781 g/mol. The quantitative estimate of drug-likeness (QED) is 0.0264. The molecule has 1 unspecified atom stereocenters. The van der Waals surface area contributed by atoms with E-state index in [9.17, 15) is 14.4 Å². The molecule has 0 N–H and O–H groups in total. The molecule has 0 radical (unpaired) electrons. The van der Waals surface area contributed by atoms with Gasteiger partial charge in [0.25, 0.3) is 0 Å². The van der Waals surface area contributed by atoms with E-state index >= 15 is 0 Å². The number of allylic oxidation sites excluding steroid dienone is 24. The molecule has 350 valence electrons. The van der Waals surface area contributed by atoms with Crippen LogP contribution in [0.5, 0.6) is 0 Å². The summed E-state index contributed by atoms with van der Waals surface area (Å²) < 4.78 is 16.6. The Hall–Kier alpha value is -4.71. The molecule has 0 aromatic carbocycles. The van der Waals surface area contributed by atoms with Gasteiger partial charge >= 0.3 is 17.9 Å². The van der Waals surface area contributed by atoms with E-state index in [0.717, 1.165) is 122 Å². The predicted molar refractivity (Wildman–Crippen MR) is 269 cm³/mol. The maximum absolute atomic E-state index is 12.8. The van der Waals surface area contributed by atoms with Gasteiger partial charge in [-0.2, -0.15) is 0 Å². The van der Waals surface area contributed by atoms with Gasteiger partial charge in [0.15, 0.2) is 6.10 Å². The minimum atomic E-state index is -0.844. The van der Waals surface area contributed by atoms with Gasteiger partial charge in [-0.3, -0.25) is 14.4 Å². The lowest BCUT2D eigenvalue weighted by atomic mass is 10.1. The Balaban J connectivity index is 4.63. The number of ether oxygens (including phenoxy) is 3. The first-order chi connectivity index (χ1) is 31.0. The summed E-state index contributed by atoms with van der Waals surface area (Å²) in [5, 5.41) is 0. The van der Waals surface area contributed by atoms with E-state index in [2.05, 4.69) is 154 Å². The largest absolute Gasteiger partial charge is 0.462 e. The molecule has 0 aromatic heterocycles. The zero-order valence-electron chi connectivity index (χ0n) is 39.8. The van der Waals surface area contributed by atoms with Crippen LogP contribution in [0, 0.1) is 0 Å². The Bertz CT molecular complexity index is 1460. The van der Waals surface area contributed by atoms with Crippen LogP contribution in [0.25, 0.3) is 0 Å². The standard InChI is InChI=1S/C57H86O6/c1-4-7-10-13-16-19-22-25-27-28-30-32-35-38-41-44-47-50-56(59)62-53-54(52-61-55(58)49-46-43-40-37-34-31-24-21-18-15-12-9-6-3)63-57(60)51-48-45-42-39-36-33-29-26-23-20-17-14-11-8-5-2/h7-12,16-21,25-27,29-32,34,38,40-41,43,54H,4-6,13-15,22-24,28,33,35-37,39,42,44-53H2,1-3H3/b10-7-,11-8-,12-9-,19-16-,20-17-,21-18-,27-25-,29-26-,32-30-,34-31-,41-38-,43-40-. The molecule has 0 heterocycles. The van der Waals surface area contributed by atoms with Crippen LogP contribution in [0.1, 0.15) is 175 Å². The van der Waals surface area contributed by atoms with Gasteiger partial charge in [0.1, 0.15) is 13.2 Å². The monoisotopic (exact) mass is 867 g/mol. The van der Waals surface area contributed by atoms with E-state index in [-0.39, 0.29) is 50.4 Å². The highest BCUT2D eigenvalue weighted by molar-refractivity contribution is 5.71. The Labute approximate surface area is 385 Å².